The van der Waals surface area contributed by atoms with E-state index in [9.17, 15) is 13.5 Å². The average Bonchev–Trinajstić information content (AvgIpc) is 2.02. The van der Waals surface area contributed by atoms with Crippen molar-refractivity contribution in [2.24, 2.45) is 0 Å². The summed E-state index contributed by atoms with van der Waals surface area (Å²) < 4.78 is 29.9. The van der Waals surface area contributed by atoms with E-state index in [0.717, 1.165) is 6.07 Å². The molecule has 0 heterocycles. The number of aryl methyl sites for hydroxylation is 1. The van der Waals surface area contributed by atoms with E-state index in [2.05, 4.69) is 0 Å². The van der Waals surface area contributed by atoms with Crippen molar-refractivity contribution in [2.45, 2.75) is 18.2 Å². The largest absolute Gasteiger partial charge is 0.508 e. The molecule has 0 bridgehead atoms. The van der Waals surface area contributed by atoms with Crippen molar-refractivity contribution >= 4 is 10.1 Å². The first kappa shape index (κ1) is 10.0. The van der Waals surface area contributed by atoms with Gasteiger partial charge in [0.05, 0.1) is 4.90 Å². The Hall–Kier alpha value is -1.07. The lowest BCUT2D eigenvalue weighted by Gasteiger charge is -2.02. The second-order valence-corrected chi connectivity index (χ2v) is 4.04. The van der Waals surface area contributed by atoms with Crippen molar-refractivity contribution < 1.29 is 18.1 Å². The van der Waals surface area contributed by atoms with Crippen molar-refractivity contribution in [3.05, 3.63) is 23.8 Å². The van der Waals surface area contributed by atoms with Gasteiger partial charge in [-0.25, -0.2) is 0 Å². The molecule has 0 saturated carbocycles. The topological polar surface area (TPSA) is 74.6 Å². The lowest BCUT2D eigenvalue weighted by atomic mass is 10.1. The Morgan fingerprint density at radius 2 is 2.00 bits per heavy atom. The third-order valence-corrected chi connectivity index (χ3v) is 2.59. The first-order chi connectivity index (χ1) is 5.95. The minimum atomic E-state index is -4.21. The molecule has 0 aliphatic carbocycles. The van der Waals surface area contributed by atoms with Gasteiger partial charge in [0.1, 0.15) is 5.75 Å². The Morgan fingerprint density at radius 1 is 1.38 bits per heavy atom. The van der Waals surface area contributed by atoms with E-state index in [1.54, 1.807) is 0 Å². The van der Waals surface area contributed by atoms with Crippen LogP contribution in [0.15, 0.2) is 23.1 Å². The van der Waals surface area contributed by atoms with Crippen LogP contribution >= 0.6 is 0 Å². The number of hydrogen-bond acceptors (Lipinski definition) is 3. The Kier molecular flexibility index (Phi) is 2.58. The summed E-state index contributed by atoms with van der Waals surface area (Å²) in [5, 5.41) is 9.28. The Balaban J connectivity index is 3.26. The SMILES string of the molecule is CCc1ccc(S(=O)(=O)O)cc1O. The number of hydrogen-bond donors (Lipinski definition) is 2. The van der Waals surface area contributed by atoms with Crippen LogP contribution in [0.5, 0.6) is 5.75 Å². The van der Waals surface area contributed by atoms with Gasteiger partial charge >= 0.3 is 0 Å². The minimum absolute atomic E-state index is 0.113. The maximum atomic E-state index is 10.6. The van der Waals surface area contributed by atoms with E-state index < -0.39 is 10.1 Å². The molecular weight excluding hydrogens is 192 g/mol. The zero-order chi connectivity index (χ0) is 10.1. The van der Waals surface area contributed by atoms with Crippen LogP contribution in [0, 0.1) is 0 Å². The predicted molar refractivity (Wildman–Crippen MR) is 47.3 cm³/mol. The van der Waals surface area contributed by atoms with Gasteiger partial charge in [0.25, 0.3) is 10.1 Å². The van der Waals surface area contributed by atoms with Crippen LogP contribution < -0.4 is 0 Å². The number of aromatic hydroxyl groups is 1. The third kappa shape index (κ3) is 2.19. The quantitative estimate of drug-likeness (QED) is 0.707. The first-order valence-corrected chi connectivity index (χ1v) is 5.18. The van der Waals surface area contributed by atoms with Crippen LogP contribution in [0.3, 0.4) is 0 Å². The van der Waals surface area contributed by atoms with E-state index in [1.165, 1.54) is 12.1 Å². The smallest absolute Gasteiger partial charge is 0.294 e. The van der Waals surface area contributed by atoms with Crippen LogP contribution in [-0.4, -0.2) is 18.1 Å². The molecule has 2 N–H and O–H groups in total. The fourth-order valence-electron chi connectivity index (χ4n) is 1.00. The molecule has 0 aliphatic heterocycles. The summed E-state index contributed by atoms with van der Waals surface area (Å²) in [5.41, 5.74) is 0.646. The summed E-state index contributed by atoms with van der Waals surface area (Å²) in [6.07, 6.45) is 0.609. The molecule has 0 atom stereocenters. The van der Waals surface area contributed by atoms with Gasteiger partial charge in [-0.1, -0.05) is 13.0 Å². The zero-order valence-corrected chi connectivity index (χ0v) is 7.87. The van der Waals surface area contributed by atoms with Crippen LogP contribution in [0.1, 0.15) is 12.5 Å². The molecular formula is C8H10O4S. The van der Waals surface area contributed by atoms with E-state index in [0.29, 0.717) is 12.0 Å². The van der Waals surface area contributed by atoms with E-state index >= 15 is 0 Å². The molecule has 0 unspecified atom stereocenters. The Bertz CT molecular complexity index is 408. The molecule has 0 amide bonds. The van der Waals surface area contributed by atoms with E-state index in [1.807, 2.05) is 6.92 Å². The van der Waals surface area contributed by atoms with Crippen LogP contribution in [0.25, 0.3) is 0 Å². The molecule has 72 valence electrons. The third-order valence-electron chi connectivity index (χ3n) is 1.74. The van der Waals surface area contributed by atoms with Crippen molar-refractivity contribution in [3.63, 3.8) is 0 Å². The predicted octanol–water partition coefficient (Wildman–Crippen LogP) is 1.20. The maximum Gasteiger partial charge on any atom is 0.294 e. The molecule has 4 nitrogen and oxygen atoms in total. The molecule has 0 fully saturated rings. The summed E-state index contributed by atoms with van der Waals surface area (Å²) in [6.45, 7) is 1.84. The second-order valence-electron chi connectivity index (χ2n) is 2.62. The molecule has 13 heavy (non-hydrogen) atoms. The number of rotatable bonds is 2. The van der Waals surface area contributed by atoms with Gasteiger partial charge in [0.15, 0.2) is 0 Å². The van der Waals surface area contributed by atoms with Gasteiger partial charge in [0, 0.05) is 6.07 Å². The molecule has 0 radical (unpaired) electrons. The highest BCUT2D eigenvalue weighted by atomic mass is 32.2. The summed E-state index contributed by atoms with van der Waals surface area (Å²) >= 11 is 0. The van der Waals surface area contributed by atoms with Crippen LogP contribution in [-0.2, 0) is 16.5 Å². The zero-order valence-electron chi connectivity index (χ0n) is 7.06. The fraction of sp³-hybridized carbons (Fsp3) is 0.250. The summed E-state index contributed by atoms with van der Waals surface area (Å²) in [6, 6.07) is 3.76. The number of phenolic OH excluding ortho intramolecular Hbond substituents is 1. The number of phenols is 1. The minimum Gasteiger partial charge on any atom is -0.508 e. The second kappa shape index (κ2) is 3.35. The molecule has 1 aromatic carbocycles. The Morgan fingerprint density at radius 3 is 2.38 bits per heavy atom. The van der Waals surface area contributed by atoms with Crippen molar-refractivity contribution in [2.75, 3.05) is 0 Å². The van der Waals surface area contributed by atoms with Gasteiger partial charge in [-0.05, 0) is 18.1 Å². The first-order valence-electron chi connectivity index (χ1n) is 3.74. The van der Waals surface area contributed by atoms with Crippen molar-refractivity contribution in [1.29, 1.82) is 0 Å². The number of benzene rings is 1. The highest BCUT2D eigenvalue weighted by Crippen LogP contribution is 2.21. The molecule has 0 spiro atoms. The fourth-order valence-corrected chi connectivity index (χ4v) is 1.50. The summed E-state index contributed by atoms with van der Waals surface area (Å²) in [7, 11) is -4.21. The summed E-state index contributed by atoms with van der Waals surface area (Å²) in [5.74, 6) is -0.113. The molecule has 1 aromatic rings. The van der Waals surface area contributed by atoms with Crippen molar-refractivity contribution in [1.82, 2.24) is 0 Å². The highest BCUT2D eigenvalue weighted by Gasteiger charge is 2.11. The summed E-state index contributed by atoms with van der Waals surface area (Å²) in [4.78, 5) is -0.290. The molecule has 1 rings (SSSR count). The van der Waals surface area contributed by atoms with Crippen LogP contribution in [0.4, 0.5) is 0 Å². The monoisotopic (exact) mass is 202 g/mol. The molecule has 0 aromatic heterocycles. The maximum absolute atomic E-state index is 10.6. The molecule has 0 saturated heterocycles. The standard InChI is InChI=1S/C8H10O4S/c1-2-6-3-4-7(5-8(6)9)13(10,11)12/h3-5,9H,2H2,1H3,(H,10,11,12). The van der Waals surface area contributed by atoms with Gasteiger partial charge in [-0.2, -0.15) is 8.42 Å². The Labute approximate surface area is 76.6 Å². The van der Waals surface area contributed by atoms with Gasteiger partial charge in [-0.3, -0.25) is 4.55 Å². The van der Waals surface area contributed by atoms with Gasteiger partial charge < -0.3 is 5.11 Å². The highest BCUT2D eigenvalue weighted by molar-refractivity contribution is 7.85. The van der Waals surface area contributed by atoms with E-state index in [-0.39, 0.29) is 10.6 Å². The average molecular weight is 202 g/mol. The lowest BCUT2D eigenvalue weighted by molar-refractivity contribution is 0.461. The van der Waals surface area contributed by atoms with Crippen LogP contribution in [0.2, 0.25) is 0 Å². The lowest BCUT2D eigenvalue weighted by Crippen LogP contribution is -1.98. The van der Waals surface area contributed by atoms with Gasteiger partial charge in [-0.15, -0.1) is 0 Å². The van der Waals surface area contributed by atoms with Gasteiger partial charge in [0.2, 0.25) is 0 Å². The van der Waals surface area contributed by atoms with E-state index in [4.69, 9.17) is 4.55 Å². The normalized spacial score (nSPS) is 11.5. The van der Waals surface area contributed by atoms with Crippen molar-refractivity contribution in [3.8, 4) is 5.75 Å². The molecule has 0 aliphatic rings. The molecule has 5 heteroatoms.